The minimum atomic E-state index is -0.542. The van der Waals surface area contributed by atoms with E-state index in [1.165, 1.54) is 4.90 Å². The monoisotopic (exact) mass is 448 g/mol. The molecule has 2 amide bonds. The van der Waals surface area contributed by atoms with Crippen LogP contribution < -0.4 is 9.64 Å². The molecule has 0 aliphatic carbocycles. The number of imide groups is 1. The van der Waals surface area contributed by atoms with Gasteiger partial charge in [-0.15, -0.1) is 0 Å². The molecule has 0 aromatic heterocycles. The second-order valence-corrected chi connectivity index (χ2v) is 8.48. The van der Waals surface area contributed by atoms with Gasteiger partial charge < -0.3 is 4.74 Å². The first kappa shape index (κ1) is 21.0. The van der Waals surface area contributed by atoms with E-state index in [0.29, 0.717) is 28.4 Å². The highest BCUT2D eigenvalue weighted by atomic mass is 35.5. The summed E-state index contributed by atoms with van der Waals surface area (Å²) in [7, 11) is 0. The van der Waals surface area contributed by atoms with Crippen molar-refractivity contribution in [2.45, 2.75) is 18.3 Å². The Morgan fingerprint density at radius 1 is 0.968 bits per heavy atom. The van der Waals surface area contributed by atoms with E-state index >= 15 is 0 Å². The first-order valence-corrected chi connectivity index (χ1v) is 10.8. The molecule has 31 heavy (non-hydrogen) atoms. The molecule has 1 atom stereocenters. The van der Waals surface area contributed by atoms with Gasteiger partial charge in [-0.2, -0.15) is 5.26 Å². The van der Waals surface area contributed by atoms with Crippen molar-refractivity contribution >= 4 is 40.2 Å². The summed E-state index contributed by atoms with van der Waals surface area (Å²) in [6, 6.07) is 23.5. The molecular formula is C24H17ClN2O3S. The maximum atomic E-state index is 13.0. The fourth-order valence-corrected chi connectivity index (χ4v) is 4.47. The summed E-state index contributed by atoms with van der Waals surface area (Å²) in [6.07, 6.45) is 0.357. The number of para-hydroxylation sites is 1. The van der Waals surface area contributed by atoms with Crippen molar-refractivity contribution in [3.05, 3.63) is 94.5 Å². The first-order chi connectivity index (χ1) is 15.1. The Kier molecular flexibility index (Phi) is 6.26. The van der Waals surface area contributed by atoms with Gasteiger partial charge in [0, 0.05) is 10.6 Å². The van der Waals surface area contributed by atoms with Gasteiger partial charge in [0.1, 0.15) is 12.4 Å². The summed E-state index contributed by atoms with van der Waals surface area (Å²) >= 11 is 6.92. The Morgan fingerprint density at radius 2 is 1.65 bits per heavy atom. The number of benzene rings is 3. The number of nitrogens with zero attached hydrogens (tertiary/aromatic N) is 2. The molecule has 0 saturated carbocycles. The lowest BCUT2D eigenvalue weighted by Gasteiger charge is -2.15. The zero-order chi connectivity index (χ0) is 21.8. The second kappa shape index (κ2) is 9.25. The molecule has 3 aromatic rings. The minimum Gasteiger partial charge on any atom is -0.489 e. The van der Waals surface area contributed by atoms with Crippen molar-refractivity contribution in [3.8, 4) is 11.8 Å². The van der Waals surface area contributed by atoms with E-state index in [4.69, 9.17) is 16.3 Å². The smallest absolute Gasteiger partial charge is 0.293 e. The fourth-order valence-electron chi connectivity index (χ4n) is 3.33. The molecule has 0 spiro atoms. The van der Waals surface area contributed by atoms with E-state index < -0.39 is 5.25 Å². The molecule has 0 radical (unpaired) electrons. The first-order valence-electron chi connectivity index (χ1n) is 9.55. The standard InChI is InChI=1S/C24H17ClN2O3S/c25-19-9-11-20(12-10-19)27-23(28)22(31-24(27)29)13-16-5-3-4-8-21(16)30-15-18-7-2-1-6-17(18)14-26/h1-12,22H,13,15H2/t22-/m1/s1. The van der Waals surface area contributed by atoms with Gasteiger partial charge >= 0.3 is 0 Å². The number of thioether (sulfide) groups is 1. The predicted octanol–water partition coefficient (Wildman–Crippen LogP) is 5.60. The lowest BCUT2D eigenvalue weighted by atomic mass is 10.1. The molecule has 3 aromatic carbocycles. The van der Waals surface area contributed by atoms with Crippen molar-refractivity contribution in [3.63, 3.8) is 0 Å². The third-order valence-corrected chi connectivity index (χ3v) is 6.19. The molecule has 154 valence electrons. The zero-order valence-corrected chi connectivity index (χ0v) is 17.9. The van der Waals surface area contributed by atoms with E-state index in [0.717, 1.165) is 22.9 Å². The fraction of sp³-hybridized carbons (Fsp3) is 0.125. The van der Waals surface area contributed by atoms with Gasteiger partial charge in [0.15, 0.2) is 0 Å². The van der Waals surface area contributed by atoms with Crippen molar-refractivity contribution in [2.75, 3.05) is 4.90 Å². The summed E-state index contributed by atoms with van der Waals surface area (Å²) in [6.45, 7) is 0.238. The van der Waals surface area contributed by atoms with E-state index in [9.17, 15) is 14.9 Å². The normalized spacial score (nSPS) is 15.7. The van der Waals surface area contributed by atoms with Crippen LogP contribution in [0.5, 0.6) is 5.75 Å². The number of carbonyl (C=O) groups is 2. The zero-order valence-electron chi connectivity index (χ0n) is 16.3. The molecule has 1 fully saturated rings. The summed E-state index contributed by atoms with van der Waals surface area (Å²) < 4.78 is 5.98. The van der Waals surface area contributed by atoms with Crippen molar-refractivity contribution in [1.82, 2.24) is 0 Å². The second-order valence-electron chi connectivity index (χ2n) is 6.89. The number of hydrogen-bond acceptors (Lipinski definition) is 5. The Labute approximate surface area is 189 Å². The number of halogens is 1. The number of rotatable bonds is 6. The number of anilines is 1. The Morgan fingerprint density at radius 3 is 2.39 bits per heavy atom. The Bertz CT molecular complexity index is 1170. The highest BCUT2D eigenvalue weighted by Gasteiger charge is 2.40. The molecule has 1 heterocycles. The van der Waals surface area contributed by atoms with Crippen LogP contribution in [-0.2, 0) is 17.8 Å². The lowest BCUT2D eigenvalue weighted by Crippen LogP contribution is -2.32. The molecule has 7 heteroatoms. The number of amides is 2. The van der Waals surface area contributed by atoms with Crippen LogP contribution in [-0.4, -0.2) is 16.4 Å². The molecule has 5 nitrogen and oxygen atoms in total. The van der Waals surface area contributed by atoms with Gasteiger partial charge in [-0.05, 0) is 48.4 Å². The predicted molar refractivity (Wildman–Crippen MR) is 121 cm³/mol. The van der Waals surface area contributed by atoms with Crippen LogP contribution in [0.1, 0.15) is 16.7 Å². The summed E-state index contributed by atoms with van der Waals surface area (Å²) in [5.74, 6) is 0.364. The van der Waals surface area contributed by atoms with Crippen LogP contribution >= 0.6 is 23.4 Å². The average Bonchev–Trinajstić information content (AvgIpc) is 3.07. The van der Waals surface area contributed by atoms with Crippen LogP contribution in [0.4, 0.5) is 10.5 Å². The van der Waals surface area contributed by atoms with Crippen LogP contribution in [0.2, 0.25) is 5.02 Å². The number of ether oxygens (including phenoxy) is 1. The summed E-state index contributed by atoms with van der Waals surface area (Å²) in [5, 5.41) is 8.95. The number of carbonyl (C=O) groups excluding carboxylic acids is 2. The van der Waals surface area contributed by atoms with E-state index in [2.05, 4.69) is 6.07 Å². The SMILES string of the molecule is N#Cc1ccccc1COc1ccccc1C[C@H]1SC(=O)N(c2ccc(Cl)cc2)C1=O. The highest BCUT2D eigenvalue weighted by Crippen LogP contribution is 2.35. The molecular weight excluding hydrogens is 432 g/mol. The van der Waals surface area contributed by atoms with Crippen LogP contribution in [0.3, 0.4) is 0 Å². The molecule has 0 bridgehead atoms. The third-order valence-electron chi connectivity index (χ3n) is 4.91. The Balaban J connectivity index is 1.50. The Hall–Kier alpha value is -3.27. The molecule has 0 N–H and O–H groups in total. The summed E-state index contributed by atoms with van der Waals surface area (Å²) in [4.78, 5) is 26.7. The van der Waals surface area contributed by atoms with Gasteiger partial charge in [0.25, 0.3) is 5.24 Å². The van der Waals surface area contributed by atoms with Gasteiger partial charge in [0.2, 0.25) is 5.91 Å². The van der Waals surface area contributed by atoms with Crippen LogP contribution in [0.25, 0.3) is 0 Å². The molecule has 1 aliphatic rings. The maximum absolute atomic E-state index is 13.0. The molecule has 1 saturated heterocycles. The van der Waals surface area contributed by atoms with Gasteiger partial charge in [0.05, 0.1) is 22.6 Å². The van der Waals surface area contributed by atoms with Gasteiger partial charge in [-0.25, -0.2) is 4.90 Å². The van der Waals surface area contributed by atoms with Gasteiger partial charge in [-0.3, -0.25) is 9.59 Å². The molecule has 0 unspecified atom stereocenters. The maximum Gasteiger partial charge on any atom is 0.293 e. The lowest BCUT2D eigenvalue weighted by molar-refractivity contribution is -0.117. The third kappa shape index (κ3) is 4.58. The van der Waals surface area contributed by atoms with E-state index in [1.54, 1.807) is 30.3 Å². The number of hydrogen-bond donors (Lipinski definition) is 0. The minimum absolute atomic E-state index is 0.238. The van der Waals surface area contributed by atoms with Crippen LogP contribution in [0, 0.1) is 11.3 Å². The number of nitriles is 1. The quantitative estimate of drug-likeness (QED) is 0.490. The summed E-state index contributed by atoms with van der Waals surface area (Å²) in [5.41, 5.74) is 2.68. The van der Waals surface area contributed by atoms with Crippen molar-refractivity contribution in [2.24, 2.45) is 0 Å². The topological polar surface area (TPSA) is 70.4 Å². The molecule has 1 aliphatic heterocycles. The van der Waals surface area contributed by atoms with Crippen LogP contribution in [0.15, 0.2) is 72.8 Å². The van der Waals surface area contributed by atoms with Crippen molar-refractivity contribution in [1.29, 1.82) is 5.26 Å². The van der Waals surface area contributed by atoms with E-state index in [1.807, 2.05) is 42.5 Å². The largest absolute Gasteiger partial charge is 0.489 e. The molecule has 4 rings (SSSR count). The highest BCUT2D eigenvalue weighted by molar-refractivity contribution is 8.15. The van der Waals surface area contributed by atoms with Gasteiger partial charge in [-0.1, -0.05) is 59.8 Å². The average molecular weight is 449 g/mol. The van der Waals surface area contributed by atoms with E-state index in [-0.39, 0.29) is 17.8 Å². The van der Waals surface area contributed by atoms with Crippen molar-refractivity contribution < 1.29 is 14.3 Å².